The minimum atomic E-state index is -3.50. The molecule has 0 saturated carbocycles. The molecule has 16 heavy (non-hydrogen) atoms. The van der Waals surface area contributed by atoms with Gasteiger partial charge in [0.25, 0.3) is 0 Å². The van der Waals surface area contributed by atoms with Crippen LogP contribution >= 0.6 is 0 Å². The second kappa shape index (κ2) is 5.43. The van der Waals surface area contributed by atoms with Gasteiger partial charge in [0.15, 0.2) is 0 Å². The first kappa shape index (κ1) is 13.2. The summed E-state index contributed by atoms with van der Waals surface area (Å²) in [6, 6.07) is 8.11. The van der Waals surface area contributed by atoms with E-state index in [2.05, 4.69) is 4.72 Å². The van der Waals surface area contributed by atoms with Crippen molar-refractivity contribution in [3.63, 3.8) is 0 Å². The van der Waals surface area contributed by atoms with Crippen LogP contribution in [0.2, 0.25) is 0 Å². The van der Waals surface area contributed by atoms with Crippen molar-refractivity contribution in [2.45, 2.75) is 24.8 Å². The molecule has 0 heterocycles. The predicted octanol–water partition coefficient (Wildman–Crippen LogP) is 0.982. The molecule has 0 saturated heterocycles. The fraction of sp³-hybridized carbons (Fsp3) is 0.455. The van der Waals surface area contributed by atoms with Crippen LogP contribution in [0.15, 0.2) is 35.2 Å². The first-order valence-corrected chi connectivity index (χ1v) is 6.64. The van der Waals surface area contributed by atoms with Gasteiger partial charge in [-0.3, -0.25) is 0 Å². The van der Waals surface area contributed by atoms with E-state index in [0.29, 0.717) is 0 Å². The summed E-state index contributed by atoms with van der Waals surface area (Å²) >= 11 is 0. The zero-order valence-electron chi connectivity index (χ0n) is 9.42. The molecule has 1 rings (SSSR count). The van der Waals surface area contributed by atoms with E-state index < -0.39 is 16.1 Å². The van der Waals surface area contributed by atoms with Gasteiger partial charge in [0.1, 0.15) is 0 Å². The molecule has 0 aliphatic rings. The third kappa shape index (κ3) is 3.59. The number of rotatable bonds is 5. The third-order valence-electron chi connectivity index (χ3n) is 2.31. The molecule has 0 spiro atoms. The Balaban J connectivity index is 2.67. The lowest BCUT2D eigenvalue weighted by molar-refractivity contribution is 0.129. The number of aliphatic hydroxyl groups excluding tert-OH is 1. The lowest BCUT2D eigenvalue weighted by Crippen LogP contribution is -2.34. The molecule has 0 radical (unpaired) electrons. The molecule has 1 unspecified atom stereocenters. The molecular formula is C11H17NO3S. The number of hydrogen-bond donors (Lipinski definition) is 2. The standard InChI is InChI=1S/C11H17NO3S/c1-9(2)11(13)8-12-16(14,15)10-6-4-3-5-7-10/h3-7,9,11-13H,8H2,1-2H3. The highest BCUT2D eigenvalue weighted by atomic mass is 32.2. The largest absolute Gasteiger partial charge is 0.391 e. The molecule has 90 valence electrons. The second-order valence-electron chi connectivity index (χ2n) is 3.98. The summed E-state index contributed by atoms with van der Waals surface area (Å²) in [4.78, 5) is 0.214. The van der Waals surface area contributed by atoms with Gasteiger partial charge in [0.2, 0.25) is 10.0 Å². The molecule has 0 aliphatic carbocycles. The topological polar surface area (TPSA) is 66.4 Å². The Morgan fingerprint density at radius 1 is 1.25 bits per heavy atom. The molecule has 1 atom stereocenters. The van der Waals surface area contributed by atoms with Crippen LogP contribution < -0.4 is 4.72 Å². The second-order valence-corrected chi connectivity index (χ2v) is 5.74. The molecule has 1 aromatic rings. The summed E-state index contributed by atoms with van der Waals surface area (Å²) in [5.41, 5.74) is 0. The monoisotopic (exact) mass is 243 g/mol. The molecule has 0 aromatic heterocycles. The number of sulfonamides is 1. The van der Waals surface area contributed by atoms with Crippen LogP contribution in [0, 0.1) is 5.92 Å². The summed E-state index contributed by atoms with van der Waals surface area (Å²) in [6.45, 7) is 3.71. The molecule has 1 aromatic carbocycles. The van der Waals surface area contributed by atoms with Gasteiger partial charge in [-0.2, -0.15) is 0 Å². The summed E-state index contributed by atoms with van der Waals surface area (Å²) in [5.74, 6) is 0.0264. The Morgan fingerprint density at radius 3 is 2.31 bits per heavy atom. The van der Waals surface area contributed by atoms with Gasteiger partial charge < -0.3 is 5.11 Å². The molecule has 0 fully saturated rings. The van der Waals surface area contributed by atoms with E-state index in [9.17, 15) is 13.5 Å². The molecule has 0 aliphatic heterocycles. The zero-order valence-corrected chi connectivity index (χ0v) is 10.2. The van der Waals surface area contributed by atoms with E-state index >= 15 is 0 Å². The Hall–Kier alpha value is -0.910. The summed E-state index contributed by atoms with van der Waals surface area (Å²) < 4.78 is 25.9. The molecule has 2 N–H and O–H groups in total. The van der Waals surface area contributed by atoms with E-state index in [1.165, 1.54) is 12.1 Å². The Bertz CT molecular complexity index is 414. The van der Waals surface area contributed by atoms with Crippen molar-refractivity contribution in [1.82, 2.24) is 4.72 Å². The summed E-state index contributed by atoms with van der Waals surface area (Å²) in [7, 11) is -3.50. The van der Waals surface area contributed by atoms with Crippen molar-refractivity contribution >= 4 is 10.0 Å². The maximum absolute atomic E-state index is 11.7. The van der Waals surface area contributed by atoms with E-state index in [4.69, 9.17) is 0 Å². The van der Waals surface area contributed by atoms with Crippen molar-refractivity contribution in [2.75, 3.05) is 6.54 Å². The average Bonchev–Trinajstić information content (AvgIpc) is 2.27. The lowest BCUT2D eigenvalue weighted by Gasteiger charge is -2.15. The van der Waals surface area contributed by atoms with Gasteiger partial charge in [-0.1, -0.05) is 32.0 Å². The van der Waals surface area contributed by atoms with Crippen molar-refractivity contribution in [2.24, 2.45) is 5.92 Å². The lowest BCUT2D eigenvalue weighted by atomic mass is 10.1. The van der Waals surface area contributed by atoms with Crippen LogP contribution in [0.25, 0.3) is 0 Å². The van der Waals surface area contributed by atoms with Crippen LogP contribution in [0.5, 0.6) is 0 Å². The van der Waals surface area contributed by atoms with Crippen molar-refractivity contribution in [1.29, 1.82) is 0 Å². The fourth-order valence-corrected chi connectivity index (χ4v) is 2.19. The van der Waals surface area contributed by atoms with Gasteiger partial charge in [-0.15, -0.1) is 0 Å². The first-order valence-electron chi connectivity index (χ1n) is 5.16. The molecule has 4 nitrogen and oxygen atoms in total. The normalized spacial score (nSPS) is 14.0. The highest BCUT2D eigenvalue weighted by Crippen LogP contribution is 2.08. The van der Waals surface area contributed by atoms with Gasteiger partial charge in [-0.05, 0) is 18.1 Å². The minimum Gasteiger partial charge on any atom is -0.391 e. The Labute approximate surface area is 96.4 Å². The van der Waals surface area contributed by atoms with Gasteiger partial charge in [-0.25, -0.2) is 13.1 Å². The fourth-order valence-electron chi connectivity index (χ4n) is 1.11. The first-order chi connectivity index (χ1) is 7.43. The number of aliphatic hydroxyl groups is 1. The summed E-state index contributed by atoms with van der Waals surface area (Å²) in [5, 5.41) is 9.51. The van der Waals surface area contributed by atoms with Crippen LogP contribution in [0.3, 0.4) is 0 Å². The van der Waals surface area contributed by atoms with Crippen LogP contribution in [-0.4, -0.2) is 26.2 Å². The van der Waals surface area contributed by atoms with Crippen LogP contribution in [-0.2, 0) is 10.0 Å². The SMILES string of the molecule is CC(C)C(O)CNS(=O)(=O)c1ccccc1. The molecular weight excluding hydrogens is 226 g/mol. The van der Waals surface area contributed by atoms with Gasteiger partial charge in [0, 0.05) is 6.54 Å². The van der Waals surface area contributed by atoms with Crippen molar-refractivity contribution in [3.05, 3.63) is 30.3 Å². The third-order valence-corrected chi connectivity index (χ3v) is 3.75. The highest BCUT2D eigenvalue weighted by Gasteiger charge is 2.16. The summed E-state index contributed by atoms with van der Waals surface area (Å²) in [6.07, 6.45) is -0.668. The average molecular weight is 243 g/mol. The quantitative estimate of drug-likeness (QED) is 0.810. The van der Waals surface area contributed by atoms with E-state index in [-0.39, 0.29) is 17.4 Å². The van der Waals surface area contributed by atoms with Crippen molar-refractivity contribution in [3.8, 4) is 0 Å². The van der Waals surface area contributed by atoms with Gasteiger partial charge in [0.05, 0.1) is 11.0 Å². The molecule has 0 bridgehead atoms. The maximum atomic E-state index is 11.7. The van der Waals surface area contributed by atoms with Gasteiger partial charge >= 0.3 is 0 Å². The van der Waals surface area contributed by atoms with Crippen molar-refractivity contribution < 1.29 is 13.5 Å². The number of benzene rings is 1. The van der Waals surface area contributed by atoms with E-state index in [1.54, 1.807) is 18.2 Å². The zero-order chi connectivity index (χ0) is 12.2. The Morgan fingerprint density at radius 2 is 1.81 bits per heavy atom. The smallest absolute Gasteiger partial charge is 0.240 e. The van der Waals surface area contributed by atoms with Crippen LogP contribution in [0.1, 0.15) is 13.8 Å². The number of hydrogen-bond acceptors (Lipinski definition) is 3. The molecule has 0 amide bonds. The Kier molecular flexibility index (Phi) is 4.46. The predicted molar refractivity (Wildman–Crippen MR) is 62.5 cm³/mol. The van der Waals surface area contributed by atoms with Crippen LogP contribution in [0.4, 0.5) is 0 Å². The highest BCUT2D eigenvalue weighted by molar-refractivity contribution is 7.89. The van der Waals surface area contributed by atoms with E-state index in [0.717, 1.165) is 0 Å². The minimum absolute atomic E-state index is 0.0264. The van der Waals surface area contributed by atoms with E-state index in [1.807, 2.05) is 13.8 Å². The maximum Gasteiger partial charge on any atom is 0.240 e. The number of nitrogens with one attached hydrogen (secondary N) is 1. The molecule has 5 heteroatoms.